The van der Waals surface area contributed by atoms with Gasteiger partial charge in [-0.1, -0.05) is 18.2 Å². The van der Waals surface area contributed by atoms with Crippen molar-refractivity contribution >= 4 is 34.4 Å². The van der Waals surface area contributed by atoms with Gasteiger partial charge in [-0.3, -0.25) is 14.4 Å². The van der Waals surface area contributed by atoms with Gasteiger partial charge in [-0.25, -0.2) is 24.0 Å². The van der Waals surface area contributed by atoms with Crippen LogP contribution in [0.15, 0.2) is 42.6 Å². The first kappa shape index (κ1) is 25.1. The fourth-order valence-corrected chi connectivity index (χ4v) is 4.53. The summed E-state index contributed by atoms with van der Waals surface area (Å²) in [5.74, 6) is -0.686. The number of carbonyl (C=O) groups excluding carboxylic acids is 3. The maximum absolute atomic E-state index is 14.4. The van der Waals surface area contributed by atoms with E-state index < -0.39 is 5.41 Å². The van der Waals surface area contributed by atoms with Crippen molar-refractivity contribution in [3.63, 3.8) is 0 Å². The molecule has 0 atom stereocenters. The topological polar surface area (TPSA) is 132 Å². The molecule has 0 saturated heterocycles. The molecule has 0 aliphatic carbocycles. The van der Waals surface area contributed by atoms with E-state index in [0.717, 1.165) is 0 Å². The maximum Gasteiger partial charge on any atom is 0.235 e. The molecule has 0 fully saturated rings. The molecule has 2 amide bonds. The zero-order valence-corrected chi connectivity index (χ0v) is 21.2. The number of Topliss-reactive ketones (excluding diaryl/α,β-unsaturated/α-hetero) is 1. The second kappa shape index (κ2) is 9.73. The maximum atomic E-state index is 14.4. The predicted molar refractivity (Wildman–Crippen MR) is 138 cm³/mol. The minimum atomic E-state index is -1.01. The lowest BCUT2D eigenvalue weighted by atomic mass is 9.84. The van der Waals surface area contributed by atoms with Crippen LogP contribution in [0.3, 0.4) is 0 Å². The van der Waals surface area contributed by atoms with E-state index in [0.29, 0.717) is 40.8 Å². The molecule has 0 spiro atoms. The van der Waals surface area contributed by atoms with Gasteiger partial charge < -0.3 is 10.6 Å². The van der Waals surface area contributed by atoms with Crippen LogP contribution in [-0.4, -0.2) is 48.9 Å². The Kier molecular flexibility index (Phi) is 6.43. The normalized spacial score (nSPS) is 13.8. The summed E-state index contributed by atoms with van der Waals surface area (Å²) in [4.78, 5) is 50.9. The second-order valence-electron chi connectivity index (χ2n) is 9.68. The van der Waals surface area contributed by atoms with Gasteiger partial charge in [0.1, 0.15) is 23.0 Å². The highest BCUT2D eigenvalue weighted by Gasteiger charge is 2.44. The molecule has 11 heteroatoms. The molecule has 4 aromatic rings. The van der Waals surface area contributed by atoms with Gasteiger partial charge in [0.15, 0.2) is 17.3 Å². The van der Waals surface area contributed by atoms with Crippen LogP contribution in [-0.2, 0) is 21.5 Å². The van der Waals surface area contributed by atoms with Gasteiger partial charge in [-0.05, 0) is 38.5 Å². The smallest absolute Gasteiger partial charge is 0.235 e. The summed E-state index contributed by atoms with van der Waals surface area (Å²) >= 11 is 0. The molecular formula is C27H26FN7O3. The van der Waals surface area contributed by atoms with Crippen molar-refractivity contribution in [3.8, 4) is 11.5 Å². The van der Waals surface area contributed by atoms with Crippen LogP contribution >= 0.6 is 0 Å². The van der Waals surface area contributed by atoms with E-state index in [2.05, 4.69) is 30.7 Å². The third-order valence-electron chi connectivity index (χ3n) is 6.55. The molecular weight excluding hydrogens is 489 g/mol. The number of aromatic nitrogens is 5. The number of amides is 2. The Morgan fingerprint density at radius 1 is 1.13 bits per heavy atom. The largest absolute Gasteiger partial charge is 0.356 e. The number of benzene rings is 1. The lowest BCUT2D eigenvalue weighted by Crippen LogP contribution is -2.29. The van der Waals surface area contributed by atoms with Crippen LogP contribution in [0, 0.1) is 5.82 Å². The number of halogens is 1. The second-order valence-corrected chi connectivity index (χ2v) is 9.68. The van der Waals surface area contributed by atoms with Crippen molar-refractivity contribution < 1.29 is 18.8 Å². The minimum absolute atomic E-state index is 0.122. The van der Waals surface area contributed by atoms with Crippen LogP contribution in [0.1, 0.15) is 55.2 Å². The first-order valence-corrected chi connectivity index (χ1v) is 12.2. The molecule has 0 bridgehead atoms. The number of nitrogens with one attached hydrogen (secondary N) is 2. The Morgan fingerprint density at radius 2 is 1.92 bits per heavy atom. The highest BCUT2D eigenvalue weighted by Crippen LogP contribution is 2.40. The number of carbonyl (C=O) groups is 3. The number of anilines is 1. The fraction of sp³-hybridized carbons (Fsp3) is 0.296. The van der Waals surface area contributed by atoms with Crippen LogP contribution in [0.5, 0.6) is 0 Å². The number of hydrogen-bond donors (Lipinski definition) is 2. The van der Waals surface area contributed by atoms with Gasteiger partial charge in [0.25, 0.3) is 0 Å². The summed E-state index contributed by atoms with van der Waals surface area (Å²) < 4.78 is 16.0. The molecule has 194 valence electrons. The number of nitrogens with zero attached hydrogens (tertiary/aromatic N) is 5. The summed E-state index contributed by atoms with van der Waals surface area (Å²) in [5.41, 5.74) is 0.861. The minimum Gasteiger partial charge on any atom is -0.356 e. The van der Waals surface area contributed by atoms with Crippen LogP contribution in [0.4, 0.5) is 10.2 Å². The molecule has 5 rings (SSSR count). The highest BCUT2D eigenvalue weighted by atomic mass is 19.1. The number of fused-ring (bicyclic) bond motifs is 2. The average molecular weight is 516 g/mol. The Hall–Kier alpha value is -4.54. The summed E-state index contributed by atoms with van der Waals surface area (Å²) in [6.45, 7) is 5.32. The lowest BCUT2D eigenvalue weighted by molar-refractivity contribution is -0.120. The number of hydrogen-bond acceptors (Lipinski definition) is 7. The predicted octanol–water partition coefficient (Wildman–Crippen LogP) is 3.40. The molecule has 3 aromatic heterocycles. The average Bonchev–Trinajstić information content (AvgIpc) is 3.36. The number of ketones is 1. The Balaban J connectivity index is 1.60. The molecule has 38 heavy (non-hydrogen) atoms. The first-order valence-electron chi connectivity index (χ1n) is 12.2. The Bertz CT molecular complexity index is 1600. The fourth-order valence-electron chi connectivity index (χ4n) is 4.53. The zero-order valence-electron chi connectivity index (χ0n) is 21.2. The van der Waals surface area contributed by atoms with Gasteiger partial charge >= 0.3 is 0 Å². The van der Waals surface area contributed by atoms with Crippen LogP contribution < -0.4 is 10.6 Å². The van der Waals surface area contributed by atoms with E-state index in [-0.39, 0.29) is 53.7 Å². The van der Waals surface area contributed by atoms with Gasteiger partial charge in [-0.2, -0.15) is 5.10 Å². The van der Waals surface area contributed by atoms with E-state index in [1.807, 2.05) is 0 Å². The Labute approximate surface area is 217 Å². The molecule has 4 heterocycles. The SMILES string of the molecule is CC(=O)NCCCC(=O)c1nc(-c2nn(Cc3ccccc3F)c3ncccc23)nc2c1C(C)(C)C(=O)N2. The molecule has 1 aliphatic rings. The molecule has 2 N–H and O–H groups in total. The van der Waals surface area contributed by atoms with E-state index >= 15 is 0 Å². The van der Waals surface area contributed by atoms with E-state index in [1.54, 1.807) is 55.1 Å². The van der Waals surface area contributed by atoms with Gasteiger partial charge in [0.05, 0.1) is 17.3 Å². The van der Waals surface area contributed by atoms with Gasteiger partial charge in [0, 0.05) is 37.2 Å². The zero-order chi connectivity index (χ0) is 27.0. The molecule has 0 unspecified atom stereocenters. The van der Waals surface area contributed by atoms with Crippen molar-refractivity contribution in [2.24, 2.45) is 0 Å². The molecule has 1 aliphatic heterocycles. The number of rotatable bonds is 8. The number of pyridine rings is 1. The van der Waals surface area contributed by atoms with Crippen molar-refractivity contribution in [1.29, 1.82) is 0 Å². The summed E-state index contributed by atoms with van der Waals surface area (Å²) in [7, 11) is 0. The van der Waals surface area contributed by atoms with Crippen LogP contribution in [0.2, 0.25) is 0 Å². The standard InChI is InChI=1S/C27H26FN7O3/c1-15(36)29-12-7-11-19(37)22-20-23(33-26(38)27(20,2)3)32-24(31-22)21-17-9-6-13-30-25(17)35(34-21)14-16-8-4-5-10-18(16)28/h4-6,8-10,13H,7,11-12,14H2,1-3H3,(H,29,36)(H,31,32,33,38). The van der Waals surface area contributed by atoms with E-state index in [9.17, 15) is 18.8 Å². The van der Waals surface area contributed by atoms with Gasteiger partial charge in [0.2, 0.25) is 11.8 Å². The van der Waals surface area contributed by atoms with E-state index in [4.69, 9.17) is 0 Å². The quantitative estimate of drug-likeness (QED) is 0.272. The van der Waals surface area contributed by atoms with Gasteiger partial charge in [-0.15, -0.1) is 0 Å². The van der Waals surface area contributed by atoms with Crippen molar-refractivity contribution in [2.75, 3.05) is 11.9 Å². The van der Waals surface area contributed by atoms with Crippen molar-refractivity contribution in [1.82, 2.24) is 30.0 Å². The van der Waals surface area contributed by atoms with Crippen LogP contribution in [0.25, 0.3) is 22.6 Å². The molecule has 1 aromatic carbocycles. The third kappa shape index (κ3) is 4.51. The summed E-state index contributed by atoms with van der Waals surface area (Å²) in [5, 5.41) is 10.7. The monoisotopic (exact) mass is 515 g/mol. The van der Waals surface area contributed by atoms with Crippen molar-refractivity contribution in [3.05, 3.63) is 65.2 Å². The highest BCUT2D eigenvalue weighted by molar-refractivity contribution is 6.09. The summed E-state index contributed by atoms with van der Waals surface area (Å²) in [6.07, 6.45) is 2.15. The molecule has 10 nitrogen and oxygen atoms in total. The lowest BCUT2D eigenvalue weighted by Gasteiger charge is -2.17. The Morgan fingerprint density at radius 3 is 2.68 bits per heavy atom. The molecule has 0 radical (unpaired) electrons. The first-order chi connectivity index (χ1) is 18.2. The van der Waals surface area contributed by atoms with Crippen molar-refractivity contribution in [2.45, 2.75) is 45.6 Å². The van der Waals surface area contributed by atoms with E-state index in [1.165, 1.54) is 13.0 Å². The molecule has 0 saturated carbocycles. The third-order valence-corrected chi connectivity index (χ3v) is 6.55. The summed E-state index contributed by atoms with van der Waals surface area (Å²) in [6, 6.07) is 9.96.